The molecular formula is C24H19IN4O4S. The van der Waals surface area contributed by atoms with Gasteiger partial charge in [0, 0.05) is 23.8 Å². The molecule has 0 amide bonds. The maximum absolute atomic E-state index is 13.3. The first-order valence-corrected chi connectivity index (χ1v) is 13.1. The average Bonchev–Trinajstić information content (AvgIpc) is 3.22. The number of fused-ring (bicyclic) bond motifs is 1. The van der Waals surface area contributed by atoms with Crippen molar-refractivity contribution in [1.82, 2.24) is 13.9 Å². The summed E-state index contributed by atoms with van der Waals surface area (Å²) in [6.45, 7) is 1.29. The lowest BCUT2D eigenvalue weighted by molar-refractivity contribution is 0.0254. The van der Waals surface area contributed by atoms with Crippen LogP contribution in [0, 0.1) is 15.0 Å². The van der Waals surface area contributed by atoms with Gasteiger partial charge in [0.15, 0.2) is 5.65 Å². The molecule has 1 saturated heterocycles. The topological polar surface area (TPSA) is 107 Å². The highest BCUT2D eigenvalue weighted by molar-refractivity contribution is 14.1. The summed E-state index contributed by atoms with van der Waals surface area (Å²) in [5.41, 5.74) is 1.88. The lowest BCUT2D eigenvalue weighted by Crippen LogP contribution is -2.26. The van der Waals surface area contributed by atoms with E-state index in [4.69, 9.17) is 9.47 Å². The number of hydrogen-bond acceptors (Lipinski definition) is 7. The Morgan fingerprint density at radius 3 is 2.59 bits per heavy atom. The third kappa shape index (κ3) is 4.15. The maximum Gasteiger partial charge on any atom is 0.270 e. The lowest BCUT2D eigenvalue weighted by Gasteiger charge is -2.23. The summed E-state index contributed by atoms with van der Waals surface area (Å²) in [6.07, 6.45) is 2.90. The van der Waals surface area contributed by atoms with Gasteiger partial charge < -0.3 is 9.47 Å². The fourth-order valence-electron chi connectivity index (χ4n) is 3.96. The normalized spacial score (nSPS) is 14.7. The zero-order valence-electron chi connectivity index (χ0n) is 17.9. The van der Waals surface area contributed by atoms with Crippen LogP contribution < -0.4 is 4.74 Å². The second kappa shape index (κ2) is 9.32. The number of benzene rings is 2. The van der Waals surface area contributed by atoms with E-state index in [-0.39, 0.29) is 16.6 Å². The van der Waals surface area contributed by atoms with Gasteiger partial charge in [0.1, 0.15) is 24.3 Å². The Kier molecular flexibility index (Phi) is 6.24. The first-order valence-electron chi connectivity index (χ1n) is 10.6. The first kappa shape index (κ1) is 22.8. The third-order valence-corrected chi connectivity index (χ3v) is 8.47. The van der Waals surface area contributed by atoms with E-state index >= 15 is 0 Å². The Bertz CT molecular complexity index is 1510. The van der Waals surface area contributed by atoms with Crippen LogP contribution in [-0.4, -0.2) is 41.7 Å². The zero-order valence-corrected chi connectivity index (χ0v) is 20.9. The van der Waals surface area contributed by atoms with Crippen molar-refractivity contribution in [3.8, 4) is 23.1 Å². The number of aromatic nitrogens is 3. The molecular weight excluding hydrogens is 567 g/mol. The number of nitrogens with zero attached hydrogens (tertiary/aromatic N) is 4. The Labute approximate surface area is 210 Å². The number of ether oxygens (including phenoxy) is 2. The van der Waals surface area contributed by atoms with Crippen LogP contribution in [0.3, 0.4) is 0 Å². The summed E-state index contributed by atoms with van der Waals surface area (Å²) in [5, 5.41) is 10.3. The van der Waals surface area contributed by atoms with E-state index in [2.05, 4.69) is 16.0 Å². The van der Waals surface area contributed by atoms with Crippen LogP contribution in [-0.2, 0) is 14.8 Å². The van der Waals surface area contributed by atoms with Crippen molar-refractivity contribution < 1.29 is 17.9 Å². The summed E-state index contributed by atoms with van der Waals surface area (Å²) in [7, 11) is -3.85. The highest BCUT2D eigenvalue weighted by Gasteiger charge is 2.25. The van der Waals surface area contributed by atoms with Crippen LogP contribution in [0.5, 0.6) is 5.75 Å². The molecule has 172 valence electrons. The molecule has 1 fully saturated rings. The van der Waals surface area contributed by atoms with E-state index in [1.54, 1.807) is 48.5 Å². The fourth-order valence-corrected chi connectivity index (χ4v) is 6.64. The van der Waals surface area contributed by atoms with E-state index in [0.717, 1.165) is 12.8 Å². The largest absolute Gasteiger partial charge is 0.489 e. The molecule has 0 saturated carbocycles. The highest BCUT2D eigenvalue weighted by atomic mass is 127. The van der Waals surface area contributed by atoms with Crippen molar-refractivity contribution in [1.29, 1.82) is 5.26 Å². The molecule has 0 atom stereocenters. The van der Waals surface area contributed by atoms with E-state index in [1.807, 2.05) is 28.7 Å². The molecule has 4 aromatic rings. The summed E-state index contributed by atoms with van der Waals surface area (Å²) < 4.78 is 39.8. The monoisotopic (exact) mass is 586 g/mol. The second-order valence-electron chi connectivity index (χ2n) is 7.76. The number of rotatable bonds is 5. The second-order valence-corrected chi connectivity index (χ2v) is 10.7. The molecule has 1 aliphatic heterocycles. The smallest absolute Gasteiger partial charge is 0.270 e. The first-order chi connectivity index (χ1) is 16.5. The molecule has 34 heavy (non-hydrogen) atoms. The molecule has 8 nitrogen and oxygen atoms in total. The van der Waals surface area contributed by atoms with E-state index < -0.39 is 10.0 Å². The van der Waals surface area contributed by atoms with Gasteiger partial charge in [-0.05, 0) is 59.0 Å². The molecule has 3 heterocycles. The summed E-state index contributed by atoms with van der Waals surface area (Å²) in [5.74, 6) is 0.516. The van der Waals surface area contributed by atoms with Crippen molar-refractivity contribution in [2.24, 2.45) is 0 Å². The molecule has 0 bridgehead atoms. The van der Waals surface area contributed by atoms with Gasteiger partial charge in [-0.15, -0.1) is 0 Å². The van der Waals surface area contributed by atoms with Crippen molar-refractivity contribution in [3.63, 3.8) is 0 Å². The molecule has 10 heteroatoms. The minimum Gasteiger partial charge on any atom is -0.489 e. The minimum absolute atomic E-state index is 0.0104. The maximum atomic E-state index is 13.3. The van der Waals surface area contributed by atoms with E-state index in [0.29, 0.717) is 44.9 Å². The summed E-state index contributed by atoms with van der Waals surface area (Å²) >= 11 is 1.99. The fraction of sp³-hybridized carbons (Fsp3) is 0.208. The van der Waals surface area contributed by atoms with Crippen LogP contribution in [0.2, 0.25) is 0 Å². The van der Waals surface area contributed by atoms with Crippen molar-refractivity contribution in [2.45, 2.75) is 23.8 Å². The molecule has 0 radical (unpaired) electrons. The molecule has 1 aliphatic rings. The van der Waals surface area contributed by atoms with Crippen LogP contribution in [0.4, 0.5) is 0 Å². The Balaban J connectivity index is 1.58. The molecule has 2 aromatic heterocycles. The number of hydrogen-bond donors (Lipinski definition) is 0. The number of nitriles is 1. The Hall–Kier alpha value is -3.01. The van der Waals surface area contributed by atoms with Gasteiger partial charge in [-0.25, -0.2) is 22.4 Å². The predicted octanol–water partition coefficient (Wildman–Crippen LogP) is 4.37. The average molecular weight is 586 g/mol. The van der Waals surface area contributed by atoms with Gasteiger partial charge in [-0.3, -0.25) is 0 Å². The van der Waals surface area contributed by atoms with Crippen LogP contribution in [0.1, 0.15) is 18.4 Å². The van der Waals surface area contributed by atoms with E-state index in [1.165, 1.54) is 10.3 Å². The van der Waals surface area contributed by atoms with Crippen LogP contribution in [0.25, 0.3) is 22.3 Å². The molecule has 0 spiro atoms. The lowest BCUT2D eigenvalue weighted by atomic mass is 10.1. The van der Waals surface area contributed by atoms with Gasteiger partial charge >= 0.3 is 0 Å². The summed E-state index contributed by atoms with van der Waals surface area (Å²) in [6, 6.07) is 17.5. The Morgan fingerprint density at radius 2 is 1.85 bits per heavy atom. The van der Waals surface area contributed by atoms with Crippen LogP contribution >= 0.6 is 22.6 Å². The third-order valence-electron chi connectivity index (χ3n) is 5.63. The van der Waals surface area contributed by atoms with Crippen molar-refractivity contribution in [2.75, 3.05) is 13.2 Å². The SMILES string of the molecule is N#Cc1cc(-c2ncnc3c2cc(I)n3S(=O)(=O)c2ccccc2)ccc1OC1CCOCC1. The van der Waals surface area contributed by atoms with Gasteiger partial charge in [0.05, 0.1) is 33.1 Å². The van der Waals surface area contributed by atoms with Gasteiger partial charge in [0.2, 0.25) is 0 Å². The molecule has 2 aromatic carbocycles. The molecule has 0 unspecified atom stereocenters. The van der Waals surface area contributed by atoms with Crippen LogP contribution in [0.15, 0.2) is 65.8 Å². The minimum atomic E-state index is -3.85. The quantitative estimate of drug-likeness (QED) is 0.320. The number of halogens is 1. The molecule has 5 rings (SSSR count). The molecule has 0 aliphatic carbocycles. The van der Waals surface area contributed by atoms with Gasteiger partial charge in [-0.1, -0.05) is 18.2 Å². The predicted molar refractivity (Wildman–Crippen MR) is 134 cm³/mol. The van der Waals surface area contributed by atoms with Crippen molar-refractivity contribution in [3.05, 3.63) is 70.2 Å². The Morgan fingerprint density at radius 1 is 1.09 bits per heavy atom. The highest BCUT2D eigenvalue weighted by Crippen LogP contribution is 2.33. The van der Waals surface area contributed by atoms with Crippen molar-refractivity contribution >= 4 is 43.6 Å². The standard InChI is InChI=1S/C24H19IN4O4S/c25-22-13-20-23(16-6-7-21(17(12-16)14-26)33-18-8-10-32-11-9-18)27-15-28-24(20)29(22)34(30,31)19-4-2-1-3-5-19/h1-7,12-13,15,18H,8-11H2. The van der Waals surface area contributed by atoms with Gasteiger partial charge in [-0.2, -0.15) is 5.26 Å². The zero-order chi connectivity index (χ0) is 23.7. The summed E-state index contributed by atoms with van der Waals surface area (Å²) in [4.78, 5) is 8.87. The molecule has 0 N–H and O–H groups in total. The van der Waals surface area contributed by atoms with Gasteiger partial charge in [0.25, 0.3) is 10.0 Å². The van der Waals surface area contributed by atoms with E-state index in [9.17, 15) is 13.7 Å².